The largest absolute Gasteiger partial charge is 0.465 e. The van der Waals surface area contributed by atoms with Crippen molar-refractivity contribution in [3.63, 3.8) is 0 Å². The summed E-state index contributed by atoms with van der Waals surface area (Å²) in [5.41, 5.74) is 8.77. The molecule has 2 aromatic rings. The van der Waals surface area contributed by atoms with E-state index < -0.39 is 19.7 Å². The molecule has 0 fully saturated rings. The SMILES string of the molecule is C=CC[C@@H](c1cccc(-c2c(N)cnn2COCC[Si](C)(C)C)c1)N(C(=O)O)C(C)(C)C. The molecule has 0 aliphatic rings. The number of anilines is 1. The predicted octanol–water partition coefficient (Wildman–Crippen LogP) is 5.84. The fraction of sp³-hybridized carbons (Fsp3) is 0.500. The van der Waals surface area contributed by atoms with E-state index in [1.54, 1.807) is 17.0 Å². The van der Waals surface area contributed by atoms with Gasteiger partial charge in [-0.25, -0.2) is 9.48 Å². The molecule has 1 atom stereocenters. The quantitative estimate of drug-likeness (QED) is 0.265. The molecule has 0 aliphatic carbocycles. The number of rotatable bonds is 10. The number of nitrogens with zero attached hydrogens (tertiary/aromatic N) is 3. The van der Waals surface area contributed by atoms with E-state index in [0.717, 1.165) is 22.9 Å². The molecule has 7 nitrogen and oxygen atoms in total. The van der Waals surface area contributed by atoms with Gasteiger partial charge in [0.25, 0.3) is 0 Å². The van der Waals surface area contributed by atoms with Gasteiger partial charge in [0, 0.05) is 25.8 Å². The van der Waals surface area contributed by atoms with Gasteiger partial charge in [-0.2, -0.15) is 5.10 Å². The molecule has 8 heteroatoms. The van der Waals surface area contributed by atoms with Gasteiger partial charge in [0.15, 0.2) is 0 Å². The highest BCUT2D eigenvalue weighted by atomic mass is 28.3. The Morgan fingerprint density at radius 2 is 2.06 bits per heavy atom. The van der Waals surface area contributed by atoms with Crippen molar-refractivity contribution >= 4 is 19.9 Å². The summed E-state index contributed by atoms with van der Waals surface area (Å²) in [6.07, 6.45) is 2.92. The Labute approximate surface area is 192 Å². The second-order valence-corrected chi connectivity index (χ2v) is 15.9. The van der Waals surface area contributed by atoms with Crippen molar-refractivity contribution in [1.29, 1.82) is 0 Å². The first-order chi connectivity index (χ1) is 14.8. The Morgan fingerprint density at radius 1 is 1.38 bits per heavy atom. The molecule has 0 unspecified atom stereocenters. The highest BCUT2D eigenvalue weighted by Gasteiger charge is 2.33. The van der Waals surface area contributed by atoms with Gasteiger partial charge in [-0.15, -0.1) is 6.58 Å². The maximum Gasteiger partial charge on any atom is 0.408 e. The first-order valence-corrected chi connectivity index (χ1v) is 14.7. The maximum absolute atomic E-state index is 12.1. The van der Waals surface area contributed by atoms with E-state index in [1.165, 1.54) is 4.90 Å². The van der Waals surface area contributed by atoms with Crippen LogP contribution in [0, 0.1) is 0 Å². The lowest BCUT2D eigenvalue weighted by Gasteiger charge is -2.39. The molecule has 3 N–H and O–H groups in total. The fourth-order valence-electron chi connectivity index (χ4n) is 3.67. The lowest BCUT2D eigenvalue weighted by molar-refractivity contribution is 0.0704. The number of nitrogens with two attached hydrogens (primary N) is 1. The van der Waals surface area contributed by atoms with Crippen molar-refractivity contribution in [3.8, 4) is 11.3 Å². The molecule has 1 aromatic heterocycles. The number of amides is 1. The Hall–Kier alpha value is -2.58. The van der Waals surface area contributed by atoms with Gasteiger partial charge < -0.3 is 15.6 Å². The smallest absolute Gasteiger partial charge is 0.408 e. The topological polar surface area (TPSA) is 93.6 Å². The summed E-state index contributed by atoms with van der Waals surface area (Å²) >= 11 is 0. The van der Waals surface area contributed by atoms with Gasteiger partial charge in [-0.3, -0.25) is 4.90 Å². The summed E-state index contributed by atoms with van der Waals surface area (Å²) in [6, 6.07) is 8.53. The second-order valence-electron chi connectivity index (χ2n) is 10.3. The summed E-state index contributed by atoms with van der Waals surface area (Å²) in [4.78, 5) is 13.6. The normalized spacial score (nSPS) is 13.1. The van der Waals surface area contributed by atoms with Crippen molar-refractivity contribution in [2.24, 2.45) is 0 Å². The van der Waals surface area contributed by atoms with Crippen LogP contribution in [0.5, 0.6) is 0 Å². The van der Waals surface area contributed by atoms with Crippen molar-refractivity contribution in [2.75, 3.05) is 12.3 Å². The first-order valence-electron chi connectivity index (χ1n) is 11.0. The number of nitrogen functional groups attached to an aromatic ring is 1. The Morgan fingerprint density at radius 3 is 2.62 bits per heavy atom. The molecule has 0 saturated carbocycles. The second kappa shape index (κ2) is 10.4. The van der Waals surface area contributed by atoms with Crippen LogP contribution in [0.2, 0.25) is 25.7 Å². The molecule has 0 radical (unpaired) electrons. The molecule has 0 bridgehead atoms. The molecule has 32 heavy (non-hydrogen) atoms. The Kier molecular flexibility index (Phi) is 8.31. The van der Waals surface area contributed by atoms with Crippen molar-refractivity contribution in [3.05, 3.63) is 48.7 Å². The number of hydrogen-bond donors (Lipinski definition) is 2. The van der Waals surface area contributed by atoms with E-state index in [4.69, 9.17) is 10.5 Å². The number of carboxylic acid groups (broad SMARTS) is 1. The van der Waals surface area contributed by atoms with E-state index in [1.807, 2.05) is 45.0 Å². The lowest BCUT2D eigenvalue weighted by Crippen LogP contribution is -2.47. The first kappa shape index (κ1) is 25.7. The highest BCUT2D eigenvalue weighted by Crippen LogP contribution is 2.34. The Bertz CT molecular complexity index is 928. The minimum Gasteiger partial charge on any atom is -0.465 e. The number of aromatic nitrogens is 2. The monoisotopic (exact) mass is 458 g/mol. The summed E-state index contributed by atoms with van der Waals surface area (Å²) in [5.74, 6) is 0. The van der Waals surface area contributed by atoms with Gasteiger partial charge in [0.1, 0.15) is 6.73 Å². The summed E-state index contributed by atoms with van der Waals surface area (Å²) in [6.45, 7) is 17.5. The average molecular weight is 459 g/mol. The van der Waals surface area contributed by atoms with Crippen LogP contribution in [0.15, 0.2) is 43.1 Å². The van der Waals surface area contributed by atoms with Crippen LogP contribution < -0.4 is 5.73 Å². The number of benzene rings is 1. The van der Waals surface area contributed by atoms with Gasteiger partial charge in [0.05, 0.1) is 23.6 Å². The van der Waals surface area contributed by atoms with Gasteiger partial charge in [0.2, 0.25) is 0 Å². The Balaban J connectivity index is 2.37. The molecule has 1 amide bonds. The van der Waals surface area contributed by atoms with Crippen LogP contribution in [-0.2, 0) is 11.5 Å². The van der Waals surface area contributed by atoms with Crippen molar-refractivity contribution in [1.82, 2.24) is 14.7 Å². The molecule has 176 valence electrons. The summed E-state index contributed by atoms with van der Waals surface area (Å²) < 4.78 is 7.65. The number of hydrogen-bond acceptors (Lipinski definition) is 4. The van der Waals surface area contributed by atoms with E-state index in [9.17, 15) is 9.90 Å². The maximum atomic E-state index is 12.1. The molecular formula is C24H38N4O3Si. The van der Waals surface area contributed by atoms with Crippen LogP contribution >= 0.6 is 0 Å². The average Bonchev–Trinajstić information content (AvgIpc) is 3.03. The third kappa shape index (κ3) is 6.71. The third-order valence-electron chi connectivity index (χ3n) is 5.25. The van der Waals surface area contributed by atoms with Crippen LogP contribution in [0.25, 0.3) is 11.3 Å². The highest BCUT2D eigenvalue weighted by molar-refractivity contribution is 6.76. The minimum absolute atomic E-state index is 0.320. The van der Waals surface area contributed by atoms with E-state index in [0.29, 0.717) is 25.4 Å². The van der Waals surface area contributed by atoms with Crippen LogP contribution in [0.4, 0.5) is 10.5 Å². The van der Waals surface area contributed by atoms with Gasteiger partial charge >= 0.3 is 6.09 Å². The zero-order valence-corrected chi connectivity index (χ0v) is 21.3. The van der Waals surface area contributed by atoms with Crippen LogP contribution in [-0.4, -0.2) is 46.1 Å². The molecule has 0 saturated heterocycles. The van der Waals surface area contributed by atoms with Crippen molar-refractivity contribution in [2.45, 2.75) is 71.2 Å². The molecule has 0 aliphatic heterocycles. The van der Waals surface area contributed by atoms with Crippen LogP contribution in [0.3, 0.4) is 0 Å². The summed E-state index contributed by atoms with van der Waals surface area (Å²) in [7, 11) is -1.17. The van der Waals surface area contributed by atoms with Gasteiger partial charge in [-0.05, 0) is 44.9 Å². The minimum atomic E-state index is -1.17. The fourth-order valence-corrected chi connectivity index (χ4v) is 4.43. The standard InChI is InChI=1S/C24H38N4O3Si/c1-8-10-21(28(23(29)30)24(2,3)4)18-11-9-12-19(15-18)22-20(25)16-26-27(22)17-31-13-14-32(5,6)7/h8-9,11-12,15-16,21H,1,10,13-14,17,25H2,2-7H3,(H,29,30)/t21-/m0/s1. The zero-order chi connectivity index (χ0) is 24.1. The van der Waals surface area contributed by atoms with Crippen molar-refractivity contribution < 1.29 is 14.6 Å². The van der Waals surface area contributed by atoms with E-state index in [-0.39, 0.29) is 6.04 Å². The van der Waals surface area contributed by atoms with E-state index >= 15 is 0 Å². The zero-order valence-electron chi connectivity index (χ0n) is 20.3. The van der Waals surface area contributed by atoms with Crippen LogP contribution in [0.1, 0.15) is 38.8 Å². The molecule has 2 rings (SSSR count). The van der Waals surface area contributed by atoms with Gasteiger partial charge in [-0.1, -0.05) is 43.9 Å². The number of ether oxygens (including phenoxy) is 1. The lowest BCUT2D eigenvalue weighted by atomic mass is 9.94. The predicted molar refractivity (Wildman–Crippen MR) is 133 cm³/mol. The molecule has 1 heterocycles. The summed E-state index contributed by atoms with van der Waals surface area (Å²) in [5, 5.41) is 14.3. The van der Waals surface area contributed by atoms with E-state index in [2.05, 4.69) is 31.3 Å². The molecule has 1 aromatic carbocycles. The number of carbonyl (C=O) groups is 1. The molecule has 0 spiro atoms. The third-order valence-corrected chi connectivity index (χ3v) is 6.96. The molecular weight excluding hydrogens is 420 g/mol.